The van der Waals surface area contributed by atoms with Gasteiger partial charge in [-0.05, 0) is 37.6 Å². The van der Waals surface area contributed by atoms with Gasteiger partial charge >= 0.3 is 0 Å². The molecule has 0 radical (unpaired) electrons. The van der Waals surface area contributed by atoms with Gasteiger partial charge in [-0.1, -0.05) is 6.92 Å². The molecule has 21 heavy (non-hydrogen) atoms. The Morgan fingerprint density at radius 1 is 1.38 bits per heavy atom. The summed E-state index contributed by atoms with van der Waals surface area (Å²) in [5.74, 6) is 1.12. The van der Waals surface area contributed by atoms with E-state index in [0.717, 1.165) is 42.9 Å². The minimum Gasteiger partial charge on any atom is -0.379 e. The van der Waals surface area contributed by atoms with Crippen LogP contribution in [-0.4, -0.2) is 35.4 Å². The molecule has 2 aromatic rings. The summed E-state index contributed by atoms with van der Waals surface area (Å²) in [6, 6.07) is 5.67. The van der Waals surface area contributed by atoms with E-state index in [2.05, 4.69) is 16.8 Å². The van der Waals surface area contributed by atoms with Crippen LogP contribution in [0.1, 0.15) is 37.5 Å². The molecule has 0 bridgehead atoms. The van der Waals surface area contributed by atoms with Crippen molar-refractivity contribution in [2.75, 3.05) is 19.8 Å². The fourth-order valence-electron chi connectivity index (χ4n) is 3.33. The van der Waals surface area contributed by atoms with Crippen molar-refractivity contribution in [2.45, 2.75) is 37.8 Å². The van der Waals surface area contributed by atoms with Crippen LogP contribution < -0.4 is 5.32 Å². The second-order valence-electron chi connectivity index (χ2n) is 6.01. The third kappa shape index (κ3) is 2.24. The number of nitrogens with zero attached hydrogens (tertiary/aromatic N) is 2. The number of likely N-dealkylation sites (N-methyl/N-ethyl adjacent to an activating group) is 1. The average Bonchev–Trinajstić information content (AvgIpc) is 3.08. The van der Waals surface area contributed by atoms with Gasteiger partial charge < -0.3 is 14.6 Å². The summed E-state index contributed by atoms with van der Waals surface area (Å²) < 4.78 is 21.5. The van der Waals surface area contributed by atoms with Crippen LogP contribution in [-0.2, 0) is 4.74 Å². The summed E-state index contributed by atoms with van der Waals surface area (Å²) in [6.07, 6.45) is 2.32. The van der Waals surface area contributed by atoms with Crippen molar-refractivity contribution in [3.05, 3.63) is 29.8 Å². The van der Waals surface area contributed by atoms with Gasteiger partial charge in [0.05, 0.1) is 30.2 Å². The van der Waals surface area contributed by atoms with Crippen LogP contribution in [0.15, 0.2) is 18.2 Å². The number of benzene rings is 1. The second-order valence-corrected chi connectivity index (χ2v) is 6.01. The topological polar surface area (TPSA) is 39.1 Å². The van der Waals surface area contributed by atoms with Crippen molar-refractivity contribution in [1.29, 1.82) is 0 Å². The Hall–Kier alpha value is -1.46. The third-order valence-corrected chi connectivity index (χ3v) is 4.47. The third-order valence-electron chi connectivity index (χ3n) is 4.47. The molecule has 4 rings (SSSR count). The van der Waals surface area contributed by atoms with Crippen LogP contribution in [0.3, 0.4) is 0 Å². The van der Waals surface area contributed by atoms with Gasteiger partial charge in [0.25, 0.3) is 0 Å². The molecule has 112 valence electrons. The SMILES string of the molecule is CCNC1COCC1c1nc2ccc(F)cc2n1C1CC1. The molecule has 1 aliphatic heterocycles. The molecule has 4 nitrogen and oxygen atoms in total. The molecular formula is C16H20FN3O. The van der Waals surface area contributed by atoms with Crippen LogP contribution in [0, 0.1) is 5.82 Å². The number of aromatic nitrogens is 2. The Labute approximate surface area is 123 Å². The minimum absolute atomic E-state index is 0.193. The molecule has 2 heterocycles. The molecule has 2 aliphatic rings. The van der Waals surface area contributed by atoms with Crippen molar-refractivity contribution < 1.29 is 9.13 Å². The molecule has 1 saturated heterocycles. The highest BCUT2D eigenvalue weighted by Crippen LogP contribution is 2.41. The van der Waals surface area contributed by atoms with Crippen LogP contribution in [0.4, 0.5) is 4.39 Å². The number of nitrogens with one attached hydrogen (secondary N) is 1. The van der Waals surface area contributed by atoms with Crippen molar-refractivity contribution in [3.63, 3.8) is 0 Å². The van der Waals surface area contributed by atoms with E-state index in [4.69, 9.17) is 9.72 Å². The van der Waals surface area contributed by atoms with Crippen molar-refractivity contribution >= 4 is 11.0 Å². The van der Waals surface area contributed by atoms with E-state index in [0.29, 0.717) is 18.7 Å². The van der Waals surface area contributed by atoms with Crippen molar-refractivity contribution in [2.24, 2.45) is 0 Å². The average molecular weight is 289 g/mol. The van der Waals surface area contributed by atoms with Crippen molar-refractivity contribution in [3.8, 4) is 0 Å². The smallest absolute Gasteiger partial charge is 0.125 e. The highest BCUT2D eigenvalue weighted by atomic mass is 19.1. The van der Waals surface area contributed by atoms with E-state index >= 15 is 0 Å². The fourth-order valence-corrected chi connectivity index (χ4v) is 3.33. The summed E-state index contributed by atoms with van der Waals surface area (Å²) in [5, 5.41) is 3.48. The zero-order valence-corrected chi connectivity index (χ0v) is 12.2. The van der Waals surface area contributed by atoms with E-state index in [1.807, 2.05) is 0 Å². The summed E-state index contributed by atoms with van der Waals surface area (Å²) >= 11 is 0. The molecule has 0 spiro atoms. The van der Waals surface area contributed by atoms with E-state index in [-0.39, 0.29) is 11.7 Å². The summed E-state index contributed by atoms with van der Waals surface area (Å²) in [7, 11) is 0. The molecule has 1 aromatic heterocycles. The molecule has 5 heteroatoms. The molecule has 2 unspecified atom stereocenters. The van der Waals surface area contributed by atoms with Gasteiger partial charge in [0, 0.05) is 12.1 Å². The van der Waals surface area contributed by atoms with Gasteiger partial charge in [0.15, 0.2) is 0 Å². The lowest BCUT2D eigenvalue weighted by Gasteiger charge is -2.19. The highest BCUT2D eigenvalue weighted by molar-refractivity contribution is 5.76. The molecule has 0 amide bonds. The number of hydrogen-bond donors (Lipinski definition) is 1. The zero-order chi connectivity index (χ0) is 14.4. The first-order chi connectivity index (χ1) is 10.3. The van der Waals surface area contributed by atoms with Gasteiger partial charge in [-0.15, -0.1) is 0 Å². The van der Waals surface area contributed by atoms with Crippen LogP contribution >= 0.6 is 0 Å². The lowest BCUT2D eigenvalue weighted by atomic mass is 10.0. The van der Waals surface area contributed by atoms with Gasteiger partial charge in [0.1, 0.15) is 11.6 Å². The van der Waals surface area contributed by atoms with Gasteiger partial charge in [-0.3, -0.25) is 0 Å². The first-order valence-electron chi connectivity index (χ1n) is 7.76. The Bertz CT molecular complexity index is 665. The molecular weight excluding hydrogens is 269 g/mol. The predicted octanol–water partition coefficient (Wildman–Crippen LogP) is 2.60. The maximum absolute atomic E-state index is 13.6. The van der Waals surface area contributed by atoms with Crippen molar-refractivity contribution in [1.82, 2.24) is 14.9 Å². The maximum atomic E-state index is 13.6. The van der Waals surface area contributed by atoms with Crippen LogP contribution in [0.25, 0.3) is 11.0 Å². The summed E-state index contributed by atoms with van der Waals surface area (Å²) in [6.45, 7) is 4.44. The van der Waals surface area contributed by atoms with Gasteiger partial charge in [-0.2, -0.15) is 0 Å². The van der Waals surface area contributed by atoms with E-state index in [9.17, 15) is 4.39 Å². The molecule has 1 aromatic carbocycles. The molecule has 1 saturated carbocycles. The second kappa shape index (κ2) is 5.07. The quantitative estimate of drug-likeness (QED) is 0.940. The van der Waals surface area contributed by atoms with E-state index < -0.39 is 0 Å². The van der Waals surface area contributed by atoms with Crippen LogP contribution in [0.5, 0.6) is 0 Å². The molecule has 2 atom stereocenters. The lowest BCUT2D eigenvalue weighted by Crippen LogP contribution is -2.35. The number of imidazole rings is 1. The number of rotatable bonds is 4. The van der Waals surface area contributed by atoms with E-state index in [1.165, 1.54) is 6.07 Å². The Balaban J connectivity index is 1.82. The largest absolute Gasteiger partial charge is 0.379 e. The van der Waals surface area contributed by atoms with Gasteiger partial charge in [-0.25, -0.2) is 9.37 Å². The Kier molecular flexibility index (Phi) is 3.19. The maximum Gasteiger partial charge on any atom is 0.125 e. The van der Waals surface area contributed by atoms with E-state index in [1.54, 1.807) is 12.1 Å². The monoisotopic (exact) mass is 289 g/mol. The number of ether oxygens (including phenoxy) is 1. The zero-order valence-electron chi connectivity index (χ0n) is 12.2. The molecule has 2 fully saturated rings. The standard InChI is InChI=1S/C16H20FN3O/c1-2-18-14-9-21-8-12(14)16-19-13-6-3-10(17)7-15(13)20(16)11-4-5-11/h3,6-7,11-12,14,18H,2,4-5,8-9H2,1H3. The summed E-state index contributed by atoms with van der Waals surface area (Å²) in [5.41, 5.74) is 1.81. The van der Waals surface area contributed by atoms with Crippen LogP contribution in [0.2, 0.25) is 0 Å². The molecule has 1 N–H and O–H groups in total. The minimum atomic E-state index is -0.193. The summed E-state index contributed by atoms with van der Waals surface area (Å²) in [4.78, 5) is 4.81. The predicted molar refractivity (Wildman–Crippen MR) is 79.0 cm³/mol. The number of fused-ring (bicyclic) bond motifs is 1. The normalized spacial score (nSPS) is 25.8. The first kappa shape index (κ1) is 13.2. The number of halogens is 1. The fraction of sp³-hybridized carbons (Fsp3) is 0.562. The number of hydrogen-bond acceptors (Lipinski definition) is 3. The Morgan fingerprint density at radius 3 is 3.00 bits per heavy atom. The highest BCUT2D eigenvalue weighted by Gasteiger charge is 2.37. The first-order valence-corrected chi connectivity index (χ1v) is 7.76. The Morgan fingerprint density at radius 2 is 2.24 bits per heavy atom. The van der Waals surface area contributed by atoms with Gasteiger partial charge in [0.2, 0.25) is 0 Å². The molecule has 1 aliphatic carbocycles. The lowest BCUT2D eigenvalue weighted by molar-refractivity contribution is 0.187.